The van der Waals surface area contributed by atoms with Gasteiger partial charge in [-0.3, -0.25) is 4.72 Å². The zero-order chi connectivity index (χ0) is 21.3. The Balaban J connectivity index is 2.01. The molecule has 2 aromatic rings. The van der Waals surface area contributed by atoms with Crippen molar-refractivity contribution < 1.29 is 27.2 Å². The molecule has 0 amide bonds. The predicted octanol–water partition coefficient (Wildman–Crippen LogP) is 4.54. The maximum Gasteiger partial charge on any atom is 0.184 e. The highest BCUT2D eigenvalue weighted by molar-refractivity contribution is 7.88. The lowest BCUT2D eigenvalue weighted by molar-refractivity contribution is 0.181. The summed E-state index contributed by atoms with van der Waals surface area (Å²) in [6.07, 6.45) is 0.889. The number of ether oxygens (including phenoxy) is 1. The summed E-state index contributed by atoms with van der Waals surface area (Å²) in [5.41, 5.74) is 0.104. The van der Waals surface area contributed by atoms with Crippen molar-refractivity contribution in [1.82, 2.24) is 0 Å². The molecule has 9 heteroatoms. The van der Waals surface area contributed by atoms with E-state index in [-0.39, 0.29) is 17.1 Å². The largest absolute Gasteiger partial charge is 0.494 e. The van der Waals surface area contributed by atoms with Crippen LogP contribution in [0.1, 0.15) is 31.7 Å². The Hall–Kier alpha value is -2.26. The lowest BCUT2D eigenvalue weighted by Gasteiger charge is -2.22. The second-order valence-corrected chi connectivity index (χ2v) is 8.95. The van der Waals surface area contributed by atoms with E-state index in [1.54, 1.807) is 19.9 Å². The summed E-state index contributed by atoms with van der Waals surface area (Å²) >= 11 is 0. The Bertz CT molecular complexity index is 949. The number of nitrogens with one attached hydrogen (secondary N) is 2. The molecule has 2 aromatic carbocycles. The third-order valence-electron chi connectivity index (χ3n) is 4.85. The van der Waals surface area contributed by atoms with Crippen LogP contribution in [0.4, 0.5) is 30.2 Å². The van der Waals surface area contributed by atoms with Gasteiger partial charge in [0.25, 0.3) is 0 Å². The first-order valence-electron chi connectivity index (χ1n) is 9.12. The summed E-state index contributed by atoms with van der Waals surface area (Å²) in [7, 11) is -0.444. The summed E-state index contributed by atoms with van der Waals surface area (Å²) in [4.78, 5) is 0. The van der Waals surface area contributed by atoms with Crippen LogP contribution in [0.25, 0.3) is 0 Å². The number of benzene rings is 2. The van der Waals surface area contributed by atoms with Gasteiger partial charge in [0.1, 0.15) is 33.9 Å². The number of rotatable bonds is 8. The van der Waals surface area contributed by atoms with Gasteiger partial charge >= 0.3 is 0 Å². The van der Waals surface area contributed by atoms with Gasteiger partial charge in [0.05, 0.1) is 23.6 Å². The lowest BCUT2D eigenvalue weighted by Crippen LogP contribution is -2.27. The standard InChI is InChI=1S/C20H23F3N2O3S/c1-11-4-5-15(13(21)8-11)24-19-17(23)14(22)9-16(28-3)18(19)25-29(27)20(6-7-20)10-12(2)26/h4-5,8-9,12,24-26H,6-7,10H2,1-3H3. The van der Waals surface area contributed by atoms with Gasteiger partial charge in [-0.2, -0.15) is 0 Å². The van der Waals surface area contributed by atoms with Gasteiger partial charge in [-0.05, 0) is 50.8 Å². The van der Waals surface area contributed by atoms with E-state index in [1.165, 1.54) is 19.2 Å². The molecule has 1 aliphatic carbocycles. The number of methoxy groups -OCH3 is 1. The van der Waals surface area contributed by atoms with E-state index in [0.717, 1.165) is 6.07 Å². The van der Waals surface area contributed by atoms with Gasteiger partial charge in [0.15, 0.2) is 11.6 Å². The van der Waals surface area contributed by atoms with Crippen LogP contribution in [0.3, 0.4) is 0 Å². The van der Waals surface area contributed by atoms with E-state index in [9.17, 15) is 22.5 Å². The lowest BCUT2D eigenvalue weighted by atomic mass is 10.2. The second kappa shape index (κ2) is 8.23. The van der Waals surface area contributed by atoms with E-state index in [4.69, 9.17) is 4.74 Å². The molecule has 0 spiro atoms. The summed E-state index contributed by atoms with van der Waals surface area (Å²) in [5, 5.41) is 12.2. The average molecular weight is 428 g/mol. The fourth-order valence-corrected chi connectivity index (χ4v) is 4.65. The first-order chi connectivity index (χ1) is 13.7. The fraction of sp³-hybridized carbons (Fsp3) is 0.400. The van der Waals surface area contributed by atoms with Gasteiger partial charge in [0, 0.05) is 6.07 Å². The Morgan fingerprint density at radius 1 is 1.21 bits per heavy atom. The predicted molar refractivity (Wildman–Crippen MR) is 107 cm³/mol. The minimum atomic E-state index is -1.71. The van der Waals surface area contributed by atoms with E-state index in [2.05, 4.69) is 10.0 Å². The van der Waals surface area contributed by atoms with Gasteiger partial charge in [-0.15, -0.1) is 0 Å². The van der Waals surface area contributed by atoms with E-state index in [1.807, 2.05) is 0 Å². The van der Waals surface area contributed by atoms with E-state index in [0.29, 0.717) is 24.8 Å². The molecule has 5 nitrogen and oxygen atoms in total. The first kappa shape index (κ1) is 21.4. The van der Waals surface area contributed by atoms with Crippen molar-refractivity contribution in [2.45, 2.75) is 44.0 Å². The van der Waals surface area contributed by atoms with Crippen molar-refractivity contribution in [2.24, 2.45) is 0 Å². The van der Waals surface area contributed by atoms with Crippen molar-refractivity contribution in [3.63, 3.8) is 0 Å². The van der Waals surface area contributed by atoms with Crippen molar-refractivity contribution >= 4 is 28.0 Å². The van der Waals surface area contributed by atoms with Crippen LogP contribution >= 0.6 is 0 Å². The Labute approximate surface area is 169 Å². The maximum atomic E-state index is 14.7. The number of hydrogen-bond acceptors (Lipinski definition) is 4. The Morgan fingerprint density at radius 3 is 2.45 bits per heavy atom. The zero-order valence-electron chi connectivity index (χ0n) is 16.3. The summed E-state index contributed by atoms with van der Waals surface area (Å²) in [6, 6.07) is 5.11. The average Bonchev–Trinajstić information content (AvgIpc) is 3.42. The highest BCUT2D eigenvalue weighted by Gasteiger charge is 2.50. The van der Waals surface area contributed by atoms with Gasteiger partial charge in [-0.25, -0.2) is 17.4 Å². The smallest absolute Gasteiger partial charge is 0.184 e. The molecule has 3 N–H and O–H groups in total. The molecule has 1 aliphatic rings. The van der Waals surface area contributed by atoms with Crippen LogP contribution in [0.15, 0.2) is 24.3 Å². The molecule has 1 fully saturated rings. The molecular formula is C20H23F3N2O3S. The normalized spacial score (nSPS) is 16.8. The maximum absolute atomic E-state index is 14.7. The molecule has 0 aliphatic heterocycles. The summed E-state index contributed by atoms with van der Waals surface area (Å²) in [6.45, 7) is 3.30. The van der Waals surface area contributed by atoms with Gasteiger partial charge in [0.2, 0.25) is 0 Å². The van der Waals surface area contributed by atoms with Crippen molar-refractivity contribution in [3.05, 3.63) is 47.3 Å². The van der Waals surface area contributed by atoms with Crippen LogP contribution in [-0.4, -0.2) is 27.3 Å². The first-order valence-corrected chi connectivity index (χ1v) is 10.3. The summed E-state index contributed by atoms with van der Waals surface area (Å²) in [5.74, 6) is -3.18. The molecule has 0 bridgehead atoms. The van der Waals surface area contributed by atoms with Gasteiger partial charge < -0.3 is 15.2 Å². The molecule has 2 unspecified atom stereocenters. The number of anilines is 3. The van der Waals surface area contributed by atoms with Gasteiger partial charge in [-0.1, -0.05) is 6.07 Å². The third-order valence-corrected chi connectivity index (χ3v) is 6.60. The molecular weight excluding hydrogens is 405 g/mol. The van der Waals surface area contributed by atoms with Crippen molar-refractivity contribution in [1.29, 1.82) is 0 Å². The molecule has 0 radical (unpaired) electrons. The number of aliphatic hydroxyl groups is 1. The quantitative estimate of drug-likeness (QED) is 0.577. The number of aliphatic hydroxyl groups excluding tert-OH is 1. The van der Waals surface area contributed by atoms with Crippen LogP contribution in [-0.2, 0) is 11.0 Å². The molecule has 0 saturated heterocycles. The molecule has 29 heavy (non-hydrogen) atoms. The number of aryl methyl sites for hydroxylation is 1. The SMILES string of the molecule is COc1cc(F)c(F)c(Nc2ccc(C)cc2F)c1NS(=O)C1(CC(C)O)CC1. The van der Waals surface area contributed by atoms with Crippen LogP contribution in [0.2, 0.25) is 0 Å². The minimum absolute atomic E-state index is 0.0684. The van der Waals surface area contributed by atoms with E-state index < -0.39 is 45.0 Å². The number of hydrogen-bond donors (Lipinski definition) is 3. The van der Waals surface area contributed by atoms with Crippen molar-refractivity contribution in [3.8, 4) is 5.75 Å². The monoisotopic (exact) mass is 428 g/mol. The topological polar surface area (TPSA) is 70.6 Å². The highest BCUT2D eigenvalue weighted by atomic mass is 32.2. The summed E-state index contributed by atoms with van der Waals surface area (Å²) < 4.78 is 63.1. The minimum Gasteiger partial charge on any atom is -0.494 e. The van der Waals surface area contributed by atoms with Crippen LogP contribution in [0.5, 0.6) is 5.75 Å². The van der Waals surface area contributed by atoms with Crippen molar-refractivity contribution in [2.75, 3.05) is 17.1 Å². The highest BCUT2D eigenvalue weighted by Crippen LogP contribution is 2.48. The Morgan fingerprint density at radius 2 is 1.90 bits per heavy atom. The van der Waals surface area contributed by atoms with E-state index >= 15 is 0 Å². The van der Waals surface area contributed by atoms with Crippen LogP contribution < -0.4 is 14.8 Å². The second-order valence-electron chi connectivity index (χ2n) is 7.34. The number of halogens is 3. The molecule has 1 saturated carbocycles. The fourth-order valence-electron chi connectivity index (χ4n) is 3.18. The molecule has 0 aromatic heterocycles. The van der Waals surface area contributed by atoms with Crippen LogP contribution in [0, 0.1) is 24.4 Å². The molecule has 158 valence electrons. The molecule has 3 rings (SSSR count). The molecule has 2 atom stereocenters. The Kier molecular flexibility index (Phi) is 6.09. The molecule has 0 heterocycles. The zero-order valence-corrected chi connectivity index (χ0v) is 17.1. The third kappa shape index (κ3) is 4.51.